The van der Waals surface area contributed by atoms with Gasteiger partial charge >= 0.3 is 6.09 Å². The summed E-state index contributed by atoms with van der Waals surface area (Å²) in [4.78, 5) is 13.1. The summed E-state index contributed by atoms with van der Waals surface area (Å²) in [7, 11) is 1.48. The highest BCUT2D eigenvalue weighted by Crippen LogP contribution is 2.41. The van der Waals surface area contributed by atoms with Gasteiger partial charge in [0.1, 0.15) is 6.10 Å². The molecule has 2 atom stereocenters. The number of hydroxylamine groups is 2. The fourth-order valence-electron chi connectivity index (χ4n) is 2.54. The maximum atomic E-state index is 12.2. The number of likely N-dealkylation sites (N-methyl/N-ethyl adjacent to an activating group) is 1. The number of nitrogens with zero attached hydrogens (tertiary/aromatic N) is 2. The summed E-state index contributed by atoms with van der Waals surface area (Å²) >= 11 is 0. The van der Waals surface area contributed by atoms with E-state index >= 15 is 0 Å². The number of ether oxygens (including phenoxy) is 1. The average Bonchev–Trinajstić information content (AvgIpc) is 2.49. The van der Waals surface area contributed by atoms with Crippen LogP contribution < -0.4 is 0 Å². The average molecular weight is 289 g/mol. The lowest BCUT2D eigenvalue weighted by atomic mass is 9.97. The van der Waals surface area contributed by atoms with E-state index in [9.17, 15) is 15.1 Å². The van der Waals surface area contributed by atoms with E-state index in [1.54, 1.807) is 13.8 Å². The van der Waals surface area contributed by atoms with Crippen molar-refractivity contribution in [2.45, 2.75) is 57.4 Å². The molecule has 0 aromatic heterocycles. The van der Waals surface area contributed by atoms with E-state index in [4.69, 9.17) is 9.84 Å². The maximum absolute atomic E-state index is 12.2. The monoisotopic (exact) mass is 289 g/mol. The highest BCUT2D eigenvalue weighted by Gasteiger charge is 2.54. The van der Waals surface area contributed by atoms with Crippen LogP contribution in [0.2, 0.25) is 0 Å². The molecule has 1 amide bonds. The molecule has 0 saturated carbocycles. The van der Waals surface area contributed by atoms with Gasteiger partial charge in [0.2, 0.25) is 0 Å². The van der Waals surface area contributed by atoms with Gasteiger partial charge < -0.3 is 19.8 Å². The van der Waals surface area contributed by atoms with Crippen molar-refractivity contribution in [2.24, 2.45) is 0 Å². The Bertz CT molecular complexity index is 359. The van der Waals surface area contributed by atoms with Gasteiger partial charge in [0.25, 0.3) is 0 Å². The minimum Gasteiger partial charge on any atom is -0.444 e. The van der Waals surface area contributed by atoms with Gasteiger partial charge in [-0.3, -0.25) is 0 Å². The van der Waals surface area contributed by atoms with E-state index in [0.29, 0.717) is 6.42 Å². The van der Waals surface area contributed by atoms with Crippen LogP contribution in [0.4, 0.5) is 4.79 Å². The molecule has 117 valence electrons. The zero-order chi connectivity index (χ0) is 15.7. The van der Waals surface area contributed by atoms with E-state index < -0.39 is 36.0 Å². The molecule has 1 aliphatic heterocycles. The van der Waals surface area contributed by atoms with Gasteiger partial charge in [0.15, 0.2) is 0 Å². The van der Waals surface area contributed by atoms with Gasteiger partial charge in [-0.05, 0) is 27.7 Å². The Morgan fingerprint density at radius 1 is 1.45 bits per heavy atom. The Labute approximate surface area is 119 Å². The Balaban J connectivity index is 2.67. The lowest BCUT2D eigenvalue weighted by molar-refractivity contribution is -0.251. The van der Waals surface area contributed by atoms with Crippen LogP contribution in [-0.4, -0.2) is 69.8 Å². The Morgan fingerprint density at radius 2 is 2.00 bits per heavy atom. The molecule has 20 heavy (non-hydrogen) atoms. The van der Waals surface area contributed by atoms with Crippen molar-refractivity contribution >= 4 is 6.09 Å². The van der Waals surface area contributed by atoms with Crippen molar-refractivity contribution in [3.05, 3.63) is 0 Å². The molecule has 1 aliphatic rings. The van der Waals surface area contributed by atoms with Gasteiger partial charge in [-0.25, -0.2) is 4.79 Å². The molecule has 1 saturated heterocycles. The summed E-state index contributed by atoms with van der Waals surface area (Å²) < 4.78 is 5.39. The minimum atomic E-state index is -1.00. The highest BCUT2D eigenvalue weighted by molar-refractivity contribution is 5.67. The number of carbonyl (C=O) groups excluding carboxylic acids is 1. The minimum absolute atomic E-state index is 0.0209. The normalized spacial score (nSPS) is 26.3. The first-order valence-corrected chi connectivity index (χ1v) is 6.70. The Morgan fingerprint density at radius 3 is 2.40 bits per heavy atom. The second-order valence-electron chi connectivity index (χ2n) is 6.55. The molecule has 2 unspecified atom stereocenters. The number of hydrogen-bond donors (Lipinski definition) is 2. The third-order valence-electron chi connectivity index (χ3n) is 3.80. The topological polar surface area (TPSA) is 93.1 Å². The number of rotatable bonds is 4. The van der Waals surface area contributed by atoms with Crippen molar-refractivity contribution in [2.75, 3.05) is 20.2 Å². The maximum Gasteiger partial charge on any atom is 0.409 e. The summed E-state index contributed by atoms with van der Waals surface area (Å²) in [6.07, 6.45) is -1.68. The molecular weight excluding hydrogens is 264 g/mol. The molecule has 7 heteroatoms. The molecule has 1 radical (unpaired) electrons. The van der Waals surface area contributed by atoms with Crippen LogP contribution in [0.5, 0.6) is 0 Å². The predicted molar refractivity (Wildman–Crippen MR) is 71.3 cm³/mol. The molecule has 7 nitrogen and oxygen atoms in total. The number of aliphatic hydroxyl groups is 2. The molecule has 2 N–H and O–H groups in total. The van der Waals surface area contributed by atoms with Crippen LogP contribution in [0.1, 0.15) is 34.1 Å². The van der Waals surface area contributed by atoms with Crippen molar-refractivity contribution in [1.29, 1.82) is 0 Å². The van der Waals surface area contributed by atoms with Crippen LogP contribution in [0.25, 0.3) is 0 Å². The lowest BCUT2D eigenvalue weighted by Gasteiger charge is -2.33. The van der Waals surface area contributed by atoms with E-state index in [1.165, 1.54) is 11.9 Å². The van der Waals surface area contributed by atoms with Gasteiger partial charge in [-0.1, -0.05) is 0 Å². The molecule has 1 rings (SSSR count). The summed E-state index contributed by atoms with van der Waals surface area (Å²) in [6, 6.07) is 0. The number of aliphatic hydroxyl groups excluding tert-OH is 2. The first-order chi connectivity index (χ1) is 9.02. The molecule has 1 heterocycles. The summed E-state index contributed by atoms with van der Waals surface area (Å²) in [6.45, 7) is 6.68. The molecule has 0 bridgehead atoms. The SMILES string of the molecule is CN(CC(O)CO)C(=O)OC1CC(C)(C)N([O])C1(C)C. The summed E-state index contributed by atoms with van der Waals surface area (Å²) in [5.41, 5.74) is -1.38. The first kappa shape index (κ1) is 17.2. The van der Waals surface area contributed by atoms with E-state index in [-0.39, 0.29) is 6.54 Å². The third-order valence-corrected chi connectivity index (χ3v) is 3.80. The van der Waals surface area contributed by atoms with Crippen LogP contribution in [0.3, 0.4) is 0 Å². The molecule has 0 aromatic rings. The molecular formula is C13H25N2O5. The fourth-order valence-corrected chi connectivity index (χ4v) is 2.54. The number of carbonyl (C=O) groups is 1. The third kappa shape index (κ3) is 3.41. The van der Waals surface area contributed by atoms with Gasteiger partial charge in [0, 0.05) is 19.0 Å². The van der Waals surface area contributed by atoms with Crippen LogP contribution in [0, 0.1) is 0 Å². The van der Waals surface area contributed by atoms with Crippen LogP contribution in [0.15, 0.2) is 0 Å². The fraction of sp³-hybridized carbons (Fsp3) is 0.923. The van der Waals surface area contributed by atoms with E-state index in [0.717, 1.165) is 5.06 Å². The predicted octanol–water partition coefficient (Wildman–Crippen LogP) is 0.385. The quantitative estimate of drug-likeness (QED) is 0.780. The van der Waals surface area contributed by atoms with Gasteiger partial charge in [0.05, 0.1) is 24.8 Å². The van der Waals surface area contributed by atoms with Crippen LogP contribution in [-0.2, 0) is 9.94 Å². The number of amides is 1. The van der Waals surface area contributed by atoms with Crippen molar-refractivity contribution in [3.63, 3.8) is 0 Å². The summed E-state index contributed by atoms with van der Waals surface area (Å²) in [5, 5.41) is 31.2. The molecule has 1 fully saturated rings. The Kier molecular flexibility index (Phi) is 5.02. The van der Waals surface area contributed by atoms with E-state index in [1.807, 2.05) is 13.8 Å². The second kappa shape index (κ2) is 5.85. The lowest BCUT2D eigenvalue weighted by Crippen LogP contribution is -2.49. The number of hydrogen-bond acceptors (Lipinski definition) is 5. The first-order valence-electron chi connectivity index (χ1n) is 6.70. The molecule has 0 spiro atoms. The molecule has 0 aliphatic carbocycles. The van der Waals surface area contributed by atoms with Crippen molar-refractivity contribution < 1.29 is 25.0 Å². The second-order valence-corrected chi connectivity index (χ2v) is 6.55. The van der Waals surface area contributed by atoms with Gasteiger partial charge in [-0.15, -0.1) is 10.3 Å². The standard InChI is InChI=1S/C13H25N2O5/c1-12(2)6-10(13(3,4)15(12)19)20-11(18)14(5)7-9(17)8-16/h9-10,16-17H,6-8H2,1-5H3. The van der Waals surface area contributed by atoms with Crippen molar-refractivity contribution in [1.82, 2.24) is 9.96 Å². The largest absolute Gasteiger partial charge is 0.444 e. The van der Waals surface area contributed by atoms with Crippen LogP contribution >= 0.6 is 0 Å². The highest BCUT2D eigenvalue weighted by atomic mass is 16.6. The van der Waals surface area contributed by atoms with Crippen molar-refractivity contribution in [3.8, 4) is 0 Å². The summed E-state index contributed by atoms with van der Waals surface area (Å²) in [5.74, 6) is 0. The smallest absolute Gasteiger partial charge is 0.409 e. The molecule has 0 aromatic carbocycles. The Hall–Kier alpha value is -0.890. The zero-order valence-electron chi connectivity index (χ0n) is 12.8. The van der Waals surface area contributed by atoms with E-state index in [2.05, 4.69) is 0 Å². The zero-order valence-corrected chi connectivity index (χ0v) is 12.8. The van der Waals surface area contributed by atoms with Gasteiger partial charge in [-0.2, -0.15) is 0 Å².